The van der Waals surface area contributed by atoms with Crippen LogP contribution in [0.4, 0.5) is 0 Å². The summed E-state index contributed by atoms with van der Waals surface area (Å²) in [7, 11) is 0. The molecule has 11 rings (SSSR count). The molecule has 0 N–H and O–H groups in total. The van der Waals surface area contributed by atoms with E-state index in [1.807, 2.05) is 24.5 Å². The van der Waals surface area contributed by atoms with Crippen molar-refractivity contribution in [3.8, 4) is 28.3 Å². The van der Waals surface area contributed by atoms with Gasteiger partial charge >= 0.3 is 0 Å². The molecule has 4 unspecified atom stereocenters. The van der Waals surface area contributed by atoms with E-state index in [1.165, 1.54) is 91.8 Å². The standard InChI is InChI=1S/C55H41N3S/c1-33-9-7-23-57-54(33)40-26-39(27-41(28-40)55-34(2)10-8-24-58-55)47-31-49-44-13-5-3-11-42(44)46(30-48(49)45-14-6-4-12-43(45)47)37-18-16-36(17-19-37)38-20-22-53-51(29-38)50-25-35(32-56)15-21-52(50)59-53/h3-9,11-27,29-31,33-34,40,54H,10,28H2,1-2H3. The molecular formula is C55H41N3S. The van der Waals surface area contributed by atoms with Crippen LogP contribution in [0, 0.1) is 29.1 Å². The number of dihydropyridines is 1. The predicted molar refractivity (Wildman–Crippen MR) is 253 cm³/mol. The number of allylic oxidation sites excluding steroid dienone is 5. The van der Waals surface area contributed by atoms with Gasteiger partial charge in [-0.3, -0.25) is 9.98 Å². The fourth-order valence-electron chi connectivity index (χ4n) is 9.86. The lowest BCUT2D eigenvalue weighted by Gasteiger charge is -2.32. The maximum atomic E-state index is 9.55. The Bertz CT molecular complexity index is 3270. The fraction of sp³-hybridized carbons (Fsp3) is 0.145. The maximum Gasteiger partial charge on any atom is 0.0991 e. The van der Waals surface area contributed by atoms with Crippen LogP contribution in [-0.4, -0.2) is 18.0 Å². The Balaban J connectivity index is 1.05. The molecule has 282 valence electrons. The summed E-state index contributed by atoms with van der Waals surface area (Å²) in [6, 6.07) is 47.0. The van der Waals surface area contributed by atoms with Gasteiger partial charge in [-0.2, -0.15) is 5.26 Å². The fourth-order valence-corrected chi connectivity index (χ4v) is 10.9. The molecule has 8 aromatic rings. The van der Waals surface area contributed by atoms with E-state index in [0.29, 0.717) is 17.4 Å². The summed E-state index contributed by atoms with van der Waals surface area (Å²) in [5.41, 5.74) is 10.5. The van der Waals surface area contributed by atoms with E-state index >= 15 is 0 Å². The van der Waals surface area contributed by atoms with Crippen LogP contribution < -0.4 is 0 Å². The van der Waals surface area contributed by atoms with E-state index in [1.54, 1.807) is 11.3 Å². The van der Waals surface area contributed by atoms with Gasteiger partial charge in [0.15, 0.2) is 0 Å². The van der Waals surface area contributed by atoms with Gasteiger partial charge in [0.2, 0.25) is 0 Å². The zero-order valence-corrected chi connectivity index (χ0v) is 33.9. The molecule has 1 aliphatic carbocycles. The molecule has 2 aliphatic heterocycles. The summed E-state index contributed by atoms with van der Waals surface area (Å²) < 4.78 is 2.44. The van der Waals surface area contributed by atoms with Crippen molar-refractivity contribution in [1.82, 2.24) is 0 Å². The molecule has 4 atom stereocenters. The normalized spacial score (nSPS) is 20.3. The van der Waals surface area contributed by atoms with E-state index in [9.17, 15) is 5.26 Å². The Hall–Kier alpha value is -6.67. The van der Waals surface area contributed by atoms with Crippen molar-refractivity contribution in [3.63, 3.8) is 0 Å². The number of nitriles is 1. The highest BCUT2D eigenvalue weighted by atomic mass is 32.1. The number of aliphatic imine (C=N–C) groups is 2. The zero-order chi connectivity index (χ0) is 39.6. The van der Waals surface area contributed by atoms with Gasteiger partial charge in [0.1, 0.15) is 0 Å². The third-order valence-electron chi connectivity index (χ3n) is 12.8. The topological polar surface area (TPSA) is 48.5 Å². The lowest BCUT2D eigenvalue weighted by atomic mass is 9.75. The van der Waals surface area contributed by atoms with E-state index in [-0.39, 0.29) is 12.0 Å². The second-order valence-electron chi connectivity index (χ2n) is 16.5. The lowest BCUT2D eigenvalue weighted by molar-refractivity contribution is 0.421. The molecule has 4 heteroatoms. The van der Waals surface area contributed by atoms with Crippen LogP contribution in [0.3, 0.4) is 0 Å². The third kappa shape index (κ3) is 6.08. The zero-order valence-electron chi connectivity index (χ0n) is 33.1. The SMILES string of the molecule is CC1CC=CN=C1C1=CC(c2cc3c4ccccc4c(-c4ccc(-c5ccc6sc7ccc(C#N)cc7c6c5)cc4)cc3c3ccccc23)=CC(C2N=CC=CC2C)C1. The molecule has 0 spiro atoms. The van der Waals surface area contributed by atoms with Crippen molar-refractivity contribution < 1.29 is 0 Å². The summed E-state index contributed by atoms with van der Waals surface area (Å²) >= 11 is 1.78. The number of hydrogen-bond donors (Lipinski definition) is 0. The number of benzene rings is 7. The van der Waals surface area contributed by atoms with Crippen LogP contribution in [0.1, 0.15) is 37.8 Å². The van der Waals surface area contributed by atoms with Gasteiger partial charge < -0.3 is 0 Å². The minimum atomic E-state index is 0.186. The second-order valence-corrected chi connectivity index (χ2v) is 17.6. The van der Waals surface area contributed by atoms with Crippen molar-refractivity contribution in [2.24, 2.45) is 27.7 Å². The molecule has 3 aliphatic rings. The molecule has 0 bridgehead atoms. The summed E-state index contributed by atoms with van der Waals surface area (Å²) in [5, 5.41) is 19.4. The molecule has 1 aromatic heterocycles. The molecular weight excluding hydrogens is 735 g/mol. The Labute approximate surface area is 348 Å². The number of hydrogen-bond acceptors (Lipinski definition) is 4. The van der Waals surface area contributed by atoms with Crippen LogP contribution in [0.5, 0.6) is 0 Å². The van der Waals surface area contributed by atoms with Crippen LogP contribution in [-0.2, 0) is 0 Å². The molecule has 59 heavy (non-hydrogen) atoms. The number of nitrogens with zero attached hydrogens (tertiary/aromatic N) is 3. The molecule has 0 fully saturated rings. The first-order chi connectivity index (χ1) is 29.0. The van der Waals surface area contributed by atoms with Gasteiger partial charge in [0.25, 0.3) is 0 Å². The Morgan fingerprint density at radius 3 is 2.05 bits per heavy atom. The summed E-state index contributed by atoms with van der Waals surface area (Å²) in [6.07, 6.45) is 17.5. The van der Waals surface area contributed by atoms with Crippen molar-refractivity contribution in [3.05, 3.63) is 175 Å². The third-order valence-corrected chi connectivity index (χ3v) is 14.0. The van der Waals surface area contributed by atoms with Gasteiger partial charge in [0.05, 0.1) is 17.7 Å². The minimum absolute atomic E-state index is 0.186. The maximum absolute atomic E-state index is 9.55. The first kappa shape index (κ1) is 35.5. The Kier molecular flexibility index (Phi) is 8.61. The summed E-state index contributed by atoms with van der Waals surface area (Å²) in [4.78, 5) is 10.0. The highest BCUT2D eigenvalue weighted by molar-refractivity contribution is 7.25. The minimum Gasteiger partial charge on any atom is -0.289 e. The molecule has 7 aromatic carbocycles. The molecule has 3 nitrogen and oxygen atoms in total. The van der Waals surface area contributed by atoms with E-state index < -0.39 is 0 Å². The summed E-state index contributed by atoms with van der Waals surface area (Å²) in [5.74, 6) is 1.01. The Morgan fingerprint density at radius 2 is 1.32 bits per heavy atom. The van der Waals surface area contributed by atoms with E-state index in [2.05, 4.69) is 159 Å². The number of fused-ring (bicyclic) bond motifs is 8. The largest absolute Gasteiger partial charge is 0.289 e. The average molecular weight is 776 g/mol. The first-order valence-corrected chi connectivity index (χ1v) is 21.5. The van der Waals surface area contributed by atoms with E-state index in [4.69, 9.17) is 9.98 Å². The van der Waals surface area contributed by atoms with Crippen molar-refractivity contribution in [2.75, 3.05) is 0 Å². The van der Waals surface area contributed by atoms with E-state index in [0.717, 1.165) is 18.2 Å². The van der Waals surface area contributed by atoms with Gasteiger partial charge in [-0.25, -0.2) is 0 Å². The Morgan fingerprint density at radius 1 is 0.661 bits per heavy atom. The van der Waals surface area contributed by atoms with Gasteiger partial charge in [0, 0.05) is 50.1 Å². The molecule has 0 radical (unpaired) electrons. The molecule has 0 amide bonds. The predicted octanol–water partition coefficient (Wildman–Crippen LogP) is 14.7. The van der Waals surface area contributed by atoms with Crippen LogP contribution in [0.15, 0.2) is 173 Å². The van der Waals surface area contributed by atoms with Gasteiger partial charge in [-0.05, 0) is 145 Å². The second kappa shape index (κ2) is 14.3. The average Bonchev–Trinajstić information content (AvgIpc) is 3.66. The van der Waals surface area contributed by atoms with Gasteiger partial charge in [-0.1, -0.05) is 111 Å². The van der Waals surface area contributed by atoms with Crippen LogP contribution >= 0.6 is 11.3 Å². The number of rotatable bonds is 5. The molecule has 0 saturated carbocycles. The monoisotopic (exact) mass is 775 g/mol. The molecule has 3 heterocycles. The highest BCUT2D eigenvalue weighted by Crippen LogP contribution is 2.44. The first-order valence-electron chi connectivity index (χ1n) is 20.7. The lowest BCUT2D eigenvalue weighted by Crippen LogP contribution is -2.29. The van der Waals surface area contributed by atoms with Crippen molar-refractivity contribution in [1.29, 1.82) is 5.26 Å². The molecule has 0 saturated heterocycles. The summed E-state index contributed by atoms with van der Waals surface area (Å²) in [6.45, 7) is 4.61. The smallest absolute Gasteiger partial charge is 0.0991 e. The number of thiophene rings is 1. The van der Waals surface area contributed by atoms with Crippen LogP contribution in [0.2, 0.25) is 0 Å². The van der Waals surface area contributed by atoms with Crippen LogP contribution in [0.25, 0.3) is 80.3 Å². The van der Waals surface area contributed by atoms with Gasteiger partial charge in [-0.15, -0.1) is 11.3 Å². The highest BCUT2D eigenvalue weighted by Gasteiger charge is 2.31. The van der Waals surface area contributed by atoms with Crippen molar-refractivity contribution >= 4 is 81.3 Å². The quantitative estimate of drug-likeness (QED) is 0.161. The van der Waals surface area contributed by atoms with Crippen molar-refractivity contribution in [2.45, 2.75) is 32.7 Å².